The van der Waals surface area contributed by atoms with Gasteiger partial charge in [-0.25, -0.2) is 4.39 Å². The van der Waals surface area contributed by atoms with Gasteiger partial charge < -0.3 is 9.64 Å². The predicted octanol–water partition coefficient (Wildman–Crippen LogP) is 1.30. The Kier molecular flexibility index (Phi) is 4.22. The Morgan fingerprint density at radius 3 is 2.62 bits per heavy atom. The molecule has 2 atom stereocenters. The first-order valence-corrected chi connectivity index (χ1v) is 7.54. The molecule has 21 heavy (non-hydrogen) atoms. The zero-order valence-corrected chi connectivity index (χ0v) is 12.3. The van der Waals surface area contributed by atoms with Crippen LogP contribution in [-0.4, -0.2) is 60.6 Å². The van der Waals surface area contributed by atoms with Crippen molar-refractivity contribution in [2.24, 2.45) is 0 Å². The normalized spacial score (nSPS) is 25.9. The van der Waals surface area contributed by atoms with E-state index < -0.39 is 0 Å². The molecule has 2 saturated heterocycles. The summed E-state index contributed by atoms with van der Waals surface area (Å²) in [7, 11) is 0. The lowest BCUT2D eigenvalue weighted by Gasteiger charge is -2.45. The summed E-state index contributed by atoms with van der Waals surface area (Å²) in [5.41, 5.74) is 0.729. The van der Waals surface area contributed by atoms with E-state index in [4.69, 9.17) is 4.74 Å². The molecule has 1 aromatic rings. The third kappa shape index (κ3) is 3.41. The van der Waals surface area contributed by atoms with Crippen molar-refractivity contribution < 1.29 is 13.9 Å². The zero-order valence-electron chi connectivity index (χ0n) is 12.3. The maximum absolute atomic E-state index is 13.2. The number of fused-ring (bicyclic) bond motifs is 2. The van der Waals surface area contributed by atoms with Gasteiger partial charge in [0.2, 0.25) is 5.91 Å². The van der Waals surface area contributed by atoms with Crippen LogP contribution in [0.5, 0.6) is 0 Å². The quantitative estimate of drug-likeness (QED) is 0.842. The van der Waals surface area contributed by atoms with Crippen LogP contribution in [0.25, 0.3) is 0 Å². The van der Waals surface area contributed by atoms with Crippen LogP contribution in [0.4, 0.5) is 4.39 Å². The summed E-state index contributed by atoms with van der Waals surface area (Å²) in [5.74, 6) is -0.235. The topological polar surface area (TPSA) is 32.8 Å². The van der Waals surface area contributed by atoms with E-state index in [1.165, 1.54) is 12.1 Å². The highest BCUT2D eigenvalue weighted by Crippen LogP contribution is 2.19. The zero-order chi connectivity index (χ0) is 14.8. The number of hydrogen-bond acceptors (Lipinski definition) is 3. The van der Waals surface area contributed by atoms with Crippen LogP contribution in [0.15, 0.2) is 24.3 Å². The molecule has 0 radical (unpaired) electrons. The van der Waals surface area contributed by atoms with Gasteiger partial charge in [-0.15, -0.1) is 0 Å². The second-order valence-electron chi connectivity index (χ2n) is 5.84. The van der Waals surface area contributed by atoms with E-state index >= 15 is 0 Å². The maximum atomic E-state index is 13.2. The van der Waals surface area contributed by atoms with Gasteiger partial charge in [0, 0.05) is 26.2 Å². The van der Waals surface area contributed by atoms with Gasteiger partial charge in [-0.2, -0.15) is 0 Å². The van der Waals surface area contributed by atoms with Crippen molar-refractivity contribution in [1.29, 1.82) is 0 Å². The minimum Gasteiger partial charge on any atom is -0.369 e. The molecule has 0 saturated carbocycles. The molecule has 2 aliphatic heterocycles. The number of morpholine rings is 2. The van der Waals surface area contributed by atoms with Crippen LogP contribution in [0.3, 0.4) is 0 Å². The van der Waals surface area contributed by atoms with Gasteiger partial charge in [0.15, 0.2) is 0 Å². The van der Waals surface area contributed by atoms with Gasteiger partial charge in [-0.05, 0) is 24.2 Å². The molecular formula is C16H21FN2O2. The number of carbonyl (C=O) groups is 1. The second kappa shape index (κ2) is 6.12. The highest BCUT2D eigenvalue weighted by molar-refractivity contribution is 5.79. The van der Waals surface area contributed by atoms with E-state index in [-0.39, 0.29) is 30.4 Å². The van der Waals surface area contributed by atoms with Gasteiger partial charge in [-0.3, -0.25) is 9.69 Å². The van der Waals surface area contributed by atoms with Crippen molar-refractivity contribution in [3.8, 4) is 0 Å². The third-order valence-electron chi connectivity index (χ3n) is 4.20. The van der Waals surface area contributed by atoms with Crippen molar-refractivity contribution in [2.45, 2.75) is 25.6 Å². The van der Waals surface area contributed by atoms with E-state index in [1.54, 1.807) is 12.1 Å². The summed E-state index contributed by atoms with van der Waals surface area (Å²) in [6, 6.07) is 6.26. The molecular weight excluding hydrogens is 271 g/mol. The Hall–Kier alpha value is -1.46. The van der Waals surface area contributed by atoms with Crippen molar-refractivity contribution in [2.75, 3.05) is 32.7 Å². The van der Waals surface area contributed by atoms with E-state index in [2.05, 4.69) is 11.8 Å². The minimum absolute atomic E-state index is 0.0591. The average Bonchev–Trinajstić information content (AvgIpc) is 2.46. The predicted molar refractivity (Wildman–Crippen MR) is 77.5 cm³/mol. The average molecular weight is 292 g/mol. The first kappa shape index (κ1) is 14.5. The second-order valence-corrected chi connectivity index (χ2v) is 5.84. The lowest BCUT2D eigenvalue weighted by atomic mass is 10.1. The molecule has 0 aromatic heterocycles. The fourth-order valence-electron chi connectivity index (χ4n) is 3.17. The van der Waals surface area contributed by atoms with Crippen molar-refractivity contribution in [3.05, 3.63) is 35.6 Å². The Labute approximate surface area is 124 Å². The Morgan fingerprint density at radius 1 is 1.29 bits per heavy atom. The van der Waals surface area contributed by atoms with Crippen LogP contribution in [0.1, 0.15) is 12.5 Å². The lowest BCUT2D eigenvalue weighted by molar-refractivity contribution is -0.159. The standard InChI is InChI=1S/C16H21FN2O2/c1-2-18-8-14-10-19(11-15(9-18)21-14)16(20)7-12-4-3-5-13(17)6-12/h3-6,14-15H,2,7-11H2,1H3. The highest BCUT2D eigenvalue weighted by Gasteiger charge is 2.35. The number of hydrogen-bond donors (Lipinski definition) is 0. The van der Waals surface area contributed by atoms with Crippen molar-refractivity contribution >= 4 is 5.91 Å². The fraction of sp³-hybridized carbons (Fsp3) is 0.562. The summed E-state index contributed by atoms with van der Waals surface area (Å²) in [5, 5.41) is 0. The molecule has 1 amide bonds. The molecule has 4 nitrogen and oxygen atoms in total. The molecule has 2 unspecified atom stereocenters. The number of amides is 1. The van der Waals surface area contributed by atoms with Crippen LogP contribution in [0, 0.1) is 5.82 Å². The van der Waals surface area contributed by atoms with E-state index in [0.717, 1.165) is 25.2 Å². The summed E-state index contributed by atoms with van der Waals surface area (Å²) in [6.07, 6.45) is 0.470. The number of rotatable bonds is 3. The van der Waals surface area contributed by atoms with Crippen LogP contribution in [-0.2, 0) is 16.0 Å². The summed E-state index contributed by atoms with van der Waals surface area (Å²) in [4.78, 5) is 16.6. The molecule has 2 heterocycles. The van der Waals surface area contributed by atoms with Gasteiger partial charge in [0.05, 0.1) is 18.6 Å². The minimum atomic E-state index is -0.294. The van der Waals surface area contributed by atoms with Crippen LogP contribution < -0.4 is 0 Å². The number of benzene rings is 1. The Bertz CT molecular complexity index is 509. The smallest absolute Gasteiger partial charge is 0.227 e. The van der Waals surface area contributed by atoms with E-state index in [1.807, 2.05) is 4.90 Å². The first-order valence-electron chi connectivity index (χ1n) is 7.54. The van der Waals surface area contributed by atoms with Crippen molar-refractivity contribution in [3.63, 3.8) is 0 Å². The Balaban J connectivity index is 1.61. The summed E-state index contributed by atoms with van der Waals surface area (Å²) < 4.78 is 19.1. The highest BCUT2D eigenvalue weighted by atomic mass is 19.1. The van der Waals surface area contributed by atoms with Gasteiger partial charge in [0.25, 0.3) is 0 Å². The number of halogens is 1. The maximum Gasteiger partial charge on any atom is 0.227 e. The number of nitrogens with zero attached hydrogens (tertiary/aromatic N) is 2. The lowest BCUT2D eigenvalue weighted by Crippen LogP contribution is -2.60. The molecule has 0 aliphatic carbocycles. The first-order chi connectivity index (χ1) is 10.1. The monoisotopic (exact) mass is 292 g/mol. The third-order valence-corrected chi connectivity index (χ3v) is 4.20. The number of likely N-dealkylation sites (N-methyl/N-ethyl adjacent to an activating group) is 1. The molecule has 2 bridgehead atoms. The molecule has 5 heteroatoms. The molecule has 3 rings (SSSR count). The fourth-order valence-corrected chi connectivity index (χ4v) is 3.17. The largest absolute Gasteiger partial charge is 0.369 e. The van der Waals surface area contributed by atoms with Crippen LogP contribution in [0.2, 0.25) is 0 Å². The van der Waals surface area contributed by atoms with E-state index in [0.29, 0.717) is 13.1 Å². The molecule has 114 valence electrons. The molecule has 0 spiro atoms. The Morgan fingerprint density at radius 2 is 2.00 bits per heavy atom. The SMILES string of the molecule is CCN1CC2CN(C(=O)Cc3cccc(F)c3)CC(C1)O2. The van der Waals surface area contributed by atoms with Crippen molar-refractivity contribution in [1.82, 2.24) is 9.80 Å². The van der Waals surface area contributed by atoms with Gasteiger partial charge in [0.1, 0.15) is 5.82 Å². The summed E-state index contributed by atoms with van der Waals surface area (Å²) in [6.45, 7) is 6.22. The molecule has 2 aliphatic rings. The molecule has 0 N–H and O–H groups in total. The number of carbonyl (C=O) groups excluding carboxylic acids is 1. The van der Waals surface area contributed by atoms with Gasteiger partial charge in [-0.1, -0.05) is 19.1 Å². The van der Waals surface area contributed by atoms with Crippen LogP contribution >= 0.6 is 0 Å². The molecule has 1 aromatic carbocycles. The van der Waals surface area contributed by atoms with E-state index in [9.17, 15) is 9.18 Å². The summed E-state index contributed by atoms with van der Waals surface area (Å²) >= 11 is 0. The number of ether oxygens (including phenoxy) is 1. The molecule has 2 fully saturated rings. The van der Waals surface area contributed by atoms with Gasteiger partial charge >= 0.3 is 0 Å².